The van der Waals surface area contributed by atoms with Crippen LogP contribution in [0.2, 0.25) is 0 Å². The summed E-state index contributed by atoms with van der Waals surface area (Å²) in [6.07, 6.45) is 0.942. The average Bonchev–Trinajstić information content (AvgIpc) is 2.10. The standard InChI is InChI=1S/C11H22N2O2/c1-8(2)15-11(14)7-13-5-4-10(12)9(3)6-13/h8-10H,4-7,12H2,1-3H3. The Hall–Kier alpha value is -0.610. The molecule has 1 aliphatic heterocycles. The van der Waals surface area contributed by atoms with Gasteiger partial charge in [0.05, 0.1) is 12.6 Å². The summed E-state index contributed by atoms with van der Waals surface area (Å²) in [5.41, 5.74) is 5.91. The molecule has 2 atom stereocenters. The second kappa shape index (κ2) is 5.47. The first-order chi connectivity index (χ1) is 6.99. The molecule has 0 saturated carbocycles. The van der Waals surface area contributed by atoms with Crippen LogP contribution in [0.1, 0.15) is 27.2 Å². The molecule has 0 bridgehead atoms. The monoisotopic (exact) mass is 214 g/mol. The molecule has 0 amide bonds. The molecule has 1 aliphatic rings. The molecular weight excluding hydrogens is 192 g/mol. The van der Waals surface area contributed by atoms with E-state index in [1.165, 1.54) is 0 Å². The summed E-state index contributed by atoms with van der Waals surface area (Å²) in [4.78, 5) is 13.5. The fourth-order valence-corrected chi connectivity index (χ4v) is 1.88. The van der Waals surface area contributed by atoms with Gasteiger partial charge in [0.1, 0.15) is 0 Å². The quantitative estimate of drug-likeness (QED) is 0.699. The predicted octanol–water partition coefficient (Wildman–Crippen LogP) is 0.607. The van der Waals surface area contributed by atoms with E-state index in [4.69, 9.17) is 10.5 Å². The third kappa shape index (κ3) is 4.18. The lowest BCUT2D eigenvalue weighted by Gasteiger charge is -2.34. The molecule has 2 unspecified atom stereocenters. The number of ether oxygens (including phenoxy) is 1. The van der Waals surface area contributed by atoms with Crippen molar-refractivity contribution < 1.29 is 9.53 Å². The van der Waals surface area contributed by atoms with Gasteiger partial charge in [0, 0.05) is 19.1 Å². The summed E-state index contributed by atoms with van der Waals surface area (Å²) in [7, 11) is 0. The maximum atomic E-state index is 11.4. The van der Waals surface area contributed by atoms with Crippen molar-refractivity contribution in [1.29, 1.82) is 0 Å². The maximum absolute atomic E-state index is 11.4. The summed E-state index contributed by atoms with van der Waals surface area (Å²) in [6.45, 7) is 8.06. The van der Waals surface area contributed by atoms with Crippen molar-refractivity contribution in [2.45, 2.75) is 39.3 Å². The number of piperidine rings is 1. The SMILES string of the molecule is CC(C)OC(=O)CN1CCC(N)C(C)C1. The molecular formula is C11H22N2O2. The summed E-state index contributed by atoms with van der Waals surface area (Å²) >= 11 is 0. The number of carbonyl (C=O) groups is 1. The van der Waals surface area contributed by atoms with E-state index in [2.05, 4.69) is 11.8 Å². The molecule has 0 spiro atoms. The Bertz CT molecular complexity index is 219. The number of esters is 1. The number of hydrogen-bond acceptors (Lipinski definition) is 4. The average molecular weight is 214 g/mol. The van der Waals surface area contributed by atoms with Crippen LogP contribution in [0.15, 0.2) is 0 Å². The first-order valence-electron chi connectivity index (χ1n) is 5.66. The van der Waals surface area contributed by atoms with Gasteiger partial charge in [0.25, 0.3) is 0 Å². The van der Waals surface area contributed by atoms with Crippen LogP contribution >= 0.6 is 0 Å². The third-order valence-corrected chi connectivity index (χ3v) is 2.78. The van der Waals surface area contributed by atoms with Gasteiger partial charge in [-0.1, -0.05) is 6.92 Å². The van der Waals surface area contributed by atoms with Crippen molar-refractivity contribution >= 4 is 5.97 Å². The Morgan fingerprint density at radius 1 is 1.60 bits per heavy atom. The molecule has 1 saturated heterocycles. The molecule has 0 aromatic rings. The molecule has 1 heterocycles. The summed E-state index contributed by atoms with van der Waals surface area (Å²) < 4.78 is 5.10. The highest BCUT2D eigenvalue weighted by Crippen LogP contribution is 2.14. The Morgan fingerprint density at radius 2 is 2.27 bits per heavy atom. The van der Waals surface area contributed by atoms with Gasteiger partial charge in [0.2, 0.25) is 0 Å². The Labute approximate surface area is 91.8 Å². The van der Waals surface area contributed by atoms with Crippen molar-refractivity contribution in [3.8, 4) is 0 Å². The minimum Gasteiger partial charge on any atom is -0.462 e. The van der Waals surface area contributed by atoms with E-state index in [1.807, 2.05) is 13.8 Å². The fraction of sp³-hybridized carbons (Fsp3) is 0.909. The van der Waals surface area contributed by atoms with Crippen molar-refractivity contribution in [2.24, 2.45) is 11.7 Å². The molecule has 4 nitrogen and oxygen atoms in total. The van der Waals surface area contributed by atoms with Crippen LogP contribution in [0.3, 0.4) is 0 Å². The summed E-state index contributed by atoms with van der Waals surface area (Å²) in [5.74, 6) is 0.332. The van der Waals surface area contributed by atoms with Crippen LogP contribution < -0.4 is 5.73 Å². The second-order valence-electron chi connectivity index (χ2n) is 4.70. The van der Waals surface area contributed by atoms with Crippen molar-refractivity contribution in [3.63, 3.8) is 0 Å². The number of rotatable bonds is 3. The Balaban J connectivity index is 2.30. The lowest BCUT2D eigenvalue weighted by molar-refractivity contribution is -0.149. The van der Waals surface area contributed by atoms with E-state index in [-0.39, 0.29) is 18.1 Å². The molecule has 0 aliphatic carbocycles. The van der Waals surface area contributed by atoms with E-state index in [1.54, 1.807) is 0 Å². The largest absolute Gasteiger partial charge is 0.462 e. The lowest BCUT2D eigenvalue weighted by Crippen LogP contribution is -2.47. The van der Waals surface area contributed by atoms with Crippen LogP contribution in [-0.2, 0) is 9.53 Å². The Morgan fingerprint density at radius 3 is 2.80 bits per heavy atom. The van der Waals surface area contributed by atoms with E-state index < -0.39 is 0 Å². The maximum Gasteiger partial charge on any atom is 0.320 e. The van der Waals surface area contributed by atoms with Crippen LogP contribution in [0, 0.1) is 5.92 Å². The highest BCUT2D eigenvalue weighted by Gasteiger charge is 2.24. The predicted molar refractivity (Wildman–Crippen MR) is 59.4 cm³/mol. The van der Waals surface area contributed by atoms with Crippen LogP contribution in [0.25, 0.3) is 0 Å². The summed E-state index contributed by atoms with van der Waals surface area (Å²) in [5, 5.41) is 0. The minimum atomic E-state index is -0.132. The molecule has 88 valence electrons. The second-order valence-corrected chi connectivity index (χ2v) is 4.70. The van der Waals surface area contributed by atoms with Gasteiger partial charge < -0.3 is 10.5 Å². The van der Waals surface area contributed by atoms with E-state index in [9.17, 15) is 4.79 Å². The van der Waals surface area contributed by atoms with Gasteiger partial charge in [-0.3, -0.25) is 9.69 Å². The number of nitrogens with two attached hydrogens (primary N) is 1. The smallest absolute Gasteiger partial charge is 0.320 e. The van der Waals surface area contributed by atoms with Crippen LogP contribution in [-0.4, -0.2) is 42.6 Å². The number of nitrogens with zero attached hydrogens (tertiary/aromatic N) is 1. The van der Waals surface area contributed by atoms with Crippen LogP contribution in [0.4, 0.5) is 0 Å². The minimum absolute atomic E-state index is 0.0260. The van der Waals surface area contributed by atoms with E-state index in [0.29, 0.717) is 12.5 Å². The van der Waals surface area contributed by atoms with Gasteiger partial charge >= 0.3 is 5.97 Å². The molecule has 0 radical (unpaired) electrons. The van der Waals surface area contributed by atoms with Gasteiger partial charge in [-0.05, 0) is 26.2 Å². The molecule has 1 rings (SSSR count). The zero-order valence-corrected chi connectivity index (χ0v) is 9.90. The third-order valence-electron chi connectivity index (χ3n) is 2.78. The molecule has 0 aromatic carbocycles. The van der Waals surface area contributed by atoms with E-state index in [0.717, 1.165) is 19.5 Å². The lowest BCUT2D eigenvalue weighted by atomic mass is 9.95. The highest BCUT2D eigenvalue weighted by atomic mass is 16.5. The topological polar surface area (TPSA) is 55.6 Å². The van der Waals surface area contributed by atoms with Gasteiger partial charge in [-0.25, -0.2) is 0 Å². The highest BCUT2D eigenvalue weighted by molar-refractivity contribution is 5.71. The van der Waals surface area contributed by atoms with E-state index >= 15 is 0 Å². The molecule has 0 aromatic heterocycles. The zero-order valence-electron chi connectivity index (χ0n) is 9.90. The number of hydrogen-bond donors (Lipinski definition) is 1. The van der Waals surface area contributed by atoms with Crippen LogP contribution in [0.5, 0.6) is 0 Å². The molecule has 1 fully saturated rings. The van der Waals surface area contributed by atoms with Crippen molar-refractivity contribution in [2.75, 3.05) is 19.6 Å². The number of likely N-dealkylation sites (tertiary alicyclic amines) is 1. The Kier molecular flexibility index (Phi) is 4.54. The summed E-state index contributed by atoms with van der Waals surface area (Å²) in [6, 6.07) is 0.280. The molecule has 15 heavy (non-hydrogen) atoms. The molecule has 4 heteroatoms. The van der Waals surface area contributed by atoms with Gasteiger partial charge in [-0.2, -0.15) is 0 Å². The van der Waals surface area contributed by atoms with Crippen molar-refractivity contribution in [1.82, 2.24) is 4.90 Å². The molecule has 2 N–H and O–H groups in total. The van der Waals surface area contributed by atoms with Gasteiger partial charge in [0.15, 0.2) is 0 Å². The first-order valence-corrected chi connectivity index (χ1v) is 5.66. The zero-order chi connectivity index (χ0) is 11.4. The number of carbonyl (C=O) groups excluding carboxylic acids is 1. The van der Waals surface area contributed by atoms with Gasteiger partial charge in [-0.15, -0.1) is 0 Å². The fourth-order valence-electron chi connectivity index (χ4n) is 1.88. The first kappa shape index (κ1) is 12.5. The normalized spacial score (nSPS) is 28.1. The van der Waals surface area contributed by atoms with Crippen molar-refractivity contribution in [3.05, 3.63) is 0 Å².